The minimum atomic E-state index is -4.24. The number of halogens is 3. The molecule has 0 aliphatic carbocycles. The lowest BCUT2D eigenvalue weighted by Gasteiger charge is -2.26. The van der Waals surface area contributed by atoms with Crippen LogP contribution in [0.4, 0.5) is 13.2 Å². The molecule has 1 fully saturated rings. The van der Waals surface area contributed by atoms with E-state index in [0.29, 0.717) is 6.42 Å². The number of hydrogen-bond donors (Lipinski definition) is 2. The zero-order valence-corrected chi connectivity index (χ0v) is 8.76. The summed E-state index contributed by atoms with van der Waals surface area (Å²) < 4.78 is 36.4. The van der Waals surface area contributed by atoms with E-state index >= 15 is 0 Å². The van der Waals surface area contributed by atoms with Crippen molar-refractivity contribution < 1.29 is 23.1 Å². The topological polar surface area (TPSA) is 66.6 Å². The highest BCUT2D eigenvalue weighted by Crippen LogP contribution is 2.34. The number of aliphatic carboxylic acids is 1. The number of hydrogen-bond acceptors (Lipinski definition) is 3. The van der Waals surface area contributed by atoms with Crippen LogP contribution in [0.5, 0.6) is 0 Å². The first-order chi connectivity index (χ1) is 7.26. The maximum Gasteiger partial charge on any atom is 0.401 e. The summed E-state index contributed by atoms with van der Waals surface area (Å²) in [6, 6.07) is 0. The molecule has 0 radical (unpaired) electrons. The van der Waals surface area contributed by atoms with Crippen molar-refractivity contribution in [2.45, 2.75) is 19.0 Å². The normalized spacial score (nSPS) is 27.2. The first-order valence-corrected chi connectivity index (χ1v) is 4.97. The highest BCUT2D eigenvalue weighted by atomic mass is 19.4. The summed E-state index contributed by atoms with van der Waals surface area (Å²) in [7, 11) is 0. The van der Waals surface area contributed by atoms with Crippen molar-refractivity contribution in [3.63, 3.8) is 0 Å². The maximum atomic E-state index is 12.1. The van der Waals surface area contributed by atoms with Crippen LogP contribution in [0.3, 0.4) is 0 Å². The molecule has 1 heterocycles. The van der Waals surface area contributed by atoms with Crippen LogP contribution in [0.25, 0.3) is 0 Å². The van der Waals surface area contributed by atoms with Crippen molar-refractivity contribution in [3.8, 4) is 0 Å². The van der Waals surface area contributed by atoms with Gasteiger partial charge < -0.3 is 10.8 Å². The van der Waals surface area contributed by atoms with Gasteiger partial charge in [-0.25, -0.2) is 0 Å². The van der Waals surface area contributed by atoms with E-state index in [0.717, 1.165) is 0 Å². The van der Waals surface area contributed by atoms with Crippen molar-refractivity contribution in [1.29, 1.82) is 0 Å². The predicted octanol–water partition coefficient (Wildman–Crippen LogP) is 0.674. The molecular formula is C9H15F3N2O2. The molecule has 1 saturated heterocycles. The molecule has 94 valence electrons. The summed E-state index contributed by atoms with van der Waals surface area (Å²) >= 11 is 0. The standard InChI is InChI=1S/C9H15F3N2O2/c10-9(11,12)6-14-2-1-8(4-13,5-14)3-7(15)16/h1-6,13H2,(H,15,16). The van der Waals surface area contributed by atoms with Crippen molar-refractivity contribution in [3.05, 3.63) is 0 Å². The van der Waals surface area contributed by atoms with Crippen LogP contribution in [0.15, 0.2) is 0 Å². The molecule has 0 aromatic heterocycles. The van der Waals surface area contributed by atoms with E-state index in [1.807, 2.05) is 0 Å². The Hall–Kier alpha value is -0.820. The predicted molar refractivity (Wildman–Crippen MR) is 50.9 cm³/mol. The number of carbonyl (C=O) groups is 1. The molecule has 1 rings (SSSR count). The van der Waals surface area contributed by atoms with Gasteiger partial charge in [0.1, 0.15) is 0 Å². The minimum Gasteiger partial charge on any atom is -0.481 e. The molecular weight excluding hydrogens is 225 g/mol. The molecule has 1 unspecified atom stereocenters. The fourth-order valence-corrected chi connectivity index (χ4v) is 2.12. The van der Waals surface area contributed by atoms with Crippen LogP contribution in [-0.2, 0) is 4.79 Å². The summed E-state index contributed by atoms with van der Waals surface area (Å²) in [4.78, 5) is 11.8. The largest absolute Gasteiger partial charge is 0.481 e. The van der Waals surface area contributed by atoms with Gasteiger partial charge in [0.15, 0.2) is 0 Å². The zero-order valence-electron chi connectivity index (χ0n) is 8.76. The average molecular weight is 240 g/mol. The van der Waals surface area contributed by atoms with Gasteiger partial charge in [0, 0.05) is 12.0 Å². The molecule has 1 atom stereocenters. The van der Waals surface area contributed by atoms with Gasteiger partial charge in [0.05, 0.1) is 13.0 Å². The van der Waals surface area contributed by atoms with E-state index in [1.54, 1.807) is 0 Å². The lowest BCUT2D eigenvalue weighted by atomic mass is 9.84. The summed E-state index contributed by atoms with van der Waals surface area (Å²) in [6.45, 7) is -0.526. The van der Waals surface area contributed by atoms with E-state index in [4.69, 9.17) is 10.8 Å². The van der Waals surface area contributed by atoms with Gasteiger partial charge in [-0.05, 0) is 19.5 Å². The van der Waals surface area contributed by atoms with Crippen LogP contribution in [0.1, 0.15) is 12.8 Å². The lowest BCUT2D eigenvalue weighted by molar-refractivity contribution is -0.145. The Bertz CT molecular complexity index is 270. The number of alkyl halides is 3. The molecule has 0 spiro atoms. The fourth-order valence-electron chi connectivity index (χ4n) is 2.12. The van der Waals surface area contributed by atoms with Gasteiger partial charge >= 0.3 is 12.1 Å². The second-order valence-electron chi connectivity index (χ2n) is 4.35. The SMILES string of the molecule is NCC1(CC(=O)O)CCN(CC(F)(F)F)C1. The Labute approximate surface area is 91.2 Å². The monoisotopic (exact) mass is 240 g/mol. The Morgan fingerprint density at radius 1 is 1.50 bits per heavy atom. The maximum absolute atomic E-state index is 12.1. The van der Waals surface area contributed by atoms with Crippen LogP contribution in [0, 0.1) is 5.41 Å². The van der Waals surface area contributed by atoms with Gasteiger partial charge in [0.25, 0.3) is 0 Å². The third kappa shape index (κ3) is 3.64. The second kappa shape index (κ2) is 4.58. The molecule has 0 bridgehead atoms. The smallest absolute Gasteiger partial charge is 0.401 e. The summed E-state index contributed by atoms with van der Waals surface area (Å²) in [5, 5.41) is 8.69. The Morgan fingerprint density at radius 2 is 2.12 bits per heavy atom. The van der Waals surface area contributed by atoms with Crippen molar-refractivity contribution in [2.75, 3.05) is 26.2 Å². The zero-order chi connectivity index (χ0) is 12.4. The van der Waals surface area contributed by atoms with Crippen molar-refractivity contribution in [2.24, 2.45) is 11.1 Å². The number of nitrogens with zero attached hydrogens (tertiary/aromatic N) is 1. The molecule has 0 saturated carbocycles. The van der Waals surface area contributed by atoms with Gasteiger partial charge in [0.2, 0.25) is 0 Å². The van der Waals surface area contributed by atoms with E-state index < -0.39 is 24.1 Å². The second-order valence-corrected chi connectivity index (χ2v) is 4.35. The van der Waals surface area contributed by atoms with Gasteiger partial charge in [-0.15, -0.1) is 0 Å². The molecule has 1 aliphatic heterocycles. The van der Waals surface area contributed by atoms with Crippen molar-refractivity contribution in [1.82, 2.24) is 4.90 Å². The Kier molecular flexibility index (Phi) is 3.80. The van der Waals surface area contributed by atoms with Crippen LogP contribution >= 0.6 is 0 Å². The molecule has 1 aliphatic rings. The first kappa shape index (κ1) is 13.2. The van der Waals surface area contributed by atoms with E-state index in [-0.39, 0.29) is 26.1 Å². The quantitative estimate of drug-likeness (QED) is 0.758. The van der Waals surface area contributed by atoms with E-state index in [1.165, 1.54) is 4.90 Å². The third-order valence-corrected chi connectivity index (χ3v) is 2.88. The molecule has 7 heteroatoms. The summed E-state index contributed by atoms with van der Waals surface area (Å²) in [5.74, 6) is -1.01. The third-order valence-electron chi connectivity index (χ3n) is 2.88. The highest BCUT2D eigenvalue weighted by molar-refractivity contribution is 5.67. The number of likely N-dealkylation sites (tertiary alicyclic amines) is 1. The van der Waals surface area contributed by atoms with Crippen LogP contribution in [-0.4, -0.2) is 48.3 Å². The molecule has 0 aromatic carbocycles. The molecule has 0 amide bonds. The molecule has 16 heavy (non-hydrogen) atoms. The van der Waals surface area contributed by atoms with Crippen LogP contribution < -0.4 is 5.73 Å². The fraction of sp³-hybridized carbons (Fsp3) is 0.889. The van der Waals surface area contributed by atoms with E-state index in [2.05, 4.69) is 0 Å². The number of nitrogens with two attached hydrogens (primary N) is 1. The van der Waals surface area contributed by atoms with Gasteiger partial charge in [-0.2, -0.15) is 13.2 Å². The summed E-state index contributed by atoms with van der Waals surface area (Å²) in [6.07, 6.45) is -4.00. The number of rotatable bonds is 4. The minimum absolute atomic E-state index is 0.105. The Morgan fingerprint density at radius 3 is 2.56 bits per heavy atom. The molecule has 3 N–H and O–H groups in total. The summed E-state index contributed by atoms with van der Waals surface area (Å²) in [5.41, 5.74) is 4.77. The first-order valence-electron chi connectivity index (χ1n) is 4.97. The number of carboxylic acids is 1. The van der Waals surface area contributed by atoms with Gasteiger partial charge in [-0.1, -0.05) is 0 Å². The highest BCUT2D eigenvalue weighted by Gasteiger charge is 2.42. The van der Waals surface area contributed by atoms with Crippen molar-refractivity contribution >= 4 is 5.97 Å². The van der Waals surface area contributed by atoms with Crippen LogP contribution in [0.2, 0.25) is 0 Å². The average Bonchev–Trinajstić information content (AvgIpc) is 2.45. The number of carboxylic acid groups (broad SMARTS) is 1. The Balaban J connectivity index is 2.57. The molecule has 4 nitrogen and oxygen atoms in total. The lowest BCUT2D eigenvalue weighted by Crippen LogP contribution is -2.38. The van der Waals surface area contributed by atoms with E-state index in [9.17, 15) is 18.0 Å². The molecule has 0 aromatic rings. The van der Waals surface area contributed by atoms with Gasteiger partial charge in [-0.3, -0.25) is 9.69 Å².